The summed E-state index contributed by atoms with van der Waals surface area (Å²) >= 11 is 0. The minimum Gasteiger partial charge on any atom is -0.310 e. The molecule has 0 aliphatic carbocycles. The van der Waals surface area contributed by atoms with Crippen molar-refractivity contribution in [3.63, 3.8) is 0 Å². The van der Waals surface area contributed by atoms with Crippen LogP contribution in [0.15, 0.2) is 18.2 Å². The lowest BCUT2D eigenvalue weighted by atomic mass is 9.98. The molecule has 1 aromatic rings. The third kappa shape index (κ3) is 3.53. The minimum absolute atomic E-state index is 0.486. The molecule has 0 aromatic heterocycles. The lowest BCUT2D eigenvalue weighted by molar-refractivity contribution is 0.324. The Labute approximate surface area is 103 Å². The Balaban J connectivity index is 2.05. The molecule has 1 atom stereocenters. The summed E-state index contributed by atoms with van der Waals surface area (Å²) in [7, 11) is 0. The Morgan fingerprint density at radius 2 is 2.18 bits per heavy atom. The Hall–Kier alpha value is -0.890. The number of fused-ring (bicyclic) bond motifs is 1. The lowest BCUT2D eigenvalue weighted by Gasteiger charge is -2.09. The molecule has 1 aliphatic rings. The first-order valence-electron chi connectivity index (χ1n) is 6.75. The number of benzene rings is 1. The third-order valence-electron chi connectivity index (χ3n) is 3.46. The fraction of sp³-hybridized carbons (Fsp3) is 0.600. The molecule has 2 heteroatoms. The van der Waals surface area contributed by atoms with Crippen molar-refractivity contribution in [3.8, 4) is 0 Å². The molecule has 1 N–H and O–H groups in total. The molecule has 0 saturated carbocycles. The summed E-state index contributed by atoms with van der Waals surface area (Å²) in [4.78, 5) is 0. The number of alkyl halides is 1. The highest BCUT2D eigenvalue weighted by atomic mass is 19.1. The number of hydrogen-bond acceptors (Lipinski definition) is 1. The van der Waals surface area contributed by atoms with Crippen molar-refractivity contribution in [2.45, 2.75) is 51.7 Å². The summed E-state index contributed by atoms with van der Waals surface area (Å²) in [5.74, 6) is 0. The second kappa shape index (κ2) is 6.15. The van der Waals surface area contributed by atoms with E-state index in [1.165, 1.54) is 36.0 Å². The van der Waals surface area contributed by atoms with Crippen LogP contribution in [-0.2, 0) is 19.4 Å². The van der Waals surface area contributed by atoms with Crippen LogP contribution in [0.4, 0.5) is 4.39 Å². The number of hydrogen-bond donors (Lipinski definition) is 1. The van der Waals surface area contributed by atoms with Crippen LogP contribution in [0.5, 0.6) is 0 Å². The average molecular weight is 235 g/mol. The van der Waals surface area contributed by atoms with Gasteiger partial charge in [-0.2, -0.15) is 0 Å². The van der Waals surface area contributed by atoms with Crippen molar-refractivity contribution in [2.24, 2.45) is 0 Å². The fourth-order valence-corrected chi connectivity index (χ4v) is 2.45. The zero-order chi connectivity index (χ0) is 12.1. The molecule has 0 amide bonds. The van der Waals surface area contributed by atoms with Gasteiger partial charge >= 0.3 is 0 Å². The van der Waals surface area contributed by atoms with Crippen LogP contribution in [0.2, 0.25) is 0 Å². The standard InChI is InChI=1S/C15H22FN/c1-2-3-4-5-12-6-7-13-9-15(16)11-17-10-14(13)8-12/h6-8,15,17H,2-5,9-11H2,1H3. The van der Waals surface area contributed by atoms with E-state index in [0.717, 1.165) is 13.0 Å². The number of rotatable bonds is 4. The van der Waals surface area contributed by atoms with Crippen molar-refractivity contribution < 1.29 is 4.39 Å². The molecule has 94 valence electrons. The highest BCUT2D eigenvalue weighted by Gasteiger charge is 2.15. The number of aryl methyl sites for hydroxylation is 1. The smallest absolute Gasteiger partial charge is 0.117 e. The van der Waals surface area contributed by atoms with E-state index < -0.39 is 6.17 Å². The first-order valence-corrected chi connectivity index (χ1v) is 6.75. The van der Waals surface area contributed by atoms with Crippen LogP contribution >= 0.6 is 0 Å². The van der Waals surface area contributed by atoms with Gasteiger partial charge in [-0.1, -0.05) is 38.0 Å². The van der Waals surface area contributed by atoms with E-state index in [1.54, 1.807) is 0 Å². The van der Waals surface area contributed by atoms with Crippen LogP contribution in [-0.4, -0.2) is 12.7 Å². The zero-order valence-electron chi connectivity index (χ0n) is 10.6. The summed E-state index contributed by atoms with van der Waals surface area (Å²) in [5, 5.41) is 3.17. The first-order chi connectivity index (χ1) is 8.29. The Bertz CT molecular complexity index is 362. The number of nitrogens with one attached hydrogen (secondary N) is 1. The van der Waals surface area contributed by atoms with E-state index >= 15 is 0 Å². The highest BCUT2D eigenvalue weighted by molar-refractivity contribution is 5.33. The van der Waals surface area contributed by atoms with E-state index in [2.05, 4.69) is 30.4 Å². The van der Waals surface area contributed by atoms with E-state index in [-0.39, 0.29) is 0 Å². The maximum absolute atomic E-state index is 13.4. The molecular weight excluding hydrogens is 213 g/mol. The largest absolute Gasteiger partial charge is 0.310 e. The molecule has 0 bridgehead atoms. The minimum atomic E-state index is -0.734. The van der Waals surface area contributed by atoms with Gasteiger partial charge in [-0.3, -0.25) is 0 Å². The third-order valence-corrected chi connectivity index (χ3v) is 3.46. The van der Waals surface area contributed by atoms with Gasteiger partial charge in [-0.25, -0.2) is 4.39 Å². The molecule has 2 rings (SSSR count). The van der Waals surface area contributed by atoms with Gasteiger partial charge in [0.2, 0.25) is 0 Å². The quantitative estimate of drug-likeness (QED) is 0.789. The molecule has 0 radical (unpaired) electrons. The Kier molecular flexibility index (Phi) is 4.55. The lowest BCUT2D eigenvalue weighted by Crippen LogP contribution is -2.21. The number of halogens is 1. The van der Waals surface area contributed by atoms with Crippen molar-refractivity contribution in [1.29, 1.82) is 0 Å². The highest BCUT2D eigenvalue weighted by Crippen LogP contribution is 2.19. The summed E-state index contributed by atoms with van der Waals surface area (Å²) in [6.45, 7) is 3.53. The van der Waals surface area contributed by atoms with Gasteiger partial charge < -0.3 is 5.32 Å². The van der Waals surface area contributed by atoms with Crippen molar-refractivity contribution in [1.82, 2.24) is 5.32 Å². The molecule has 1 unspecified atom stereocenters. The van der Waals surface area contributed by atoms with Crippen LogP contribution in [0.1, 0.15) is 42.9 Å². The summed E-state index contributed by atoms with van der Waals surface area (Å²) in [5.41, 5.74) is 3.87. The predicted molar refractivity (Wildman–Crippen MR) is 70.0 cm³/mol. The van der Waals surface area contributed by atoms with Gasteiger partial charge in [0.15, 0.2) is 0 Å². The molecule has 0 fully saturated rings. The van der Waals surface area contributed by atoms with Gasteiger partial charge in [0.05, 0.1) is 0 Å². The van der Waals surface area contributed by atoms with E-state index in [0.29, 0.717) is 13.0 Å². The molecule has 1 nitrogen and oxygen atoms in total. The second-order valence-corrected chi connectivity index (χ2v) is 4.99. The Morgan fingerprint density at radius 1 is 1.29 bits per heavy atom. The fourth-order valence-electron chi connectivity index (χ4n) is 2.45. The van der Waals surface area contributed by atoms with Crippen molar-refractivity contribution in [3.05, 3.63) is 34.9 Å². The molecule has 0 spiro atoms. The predicted octanol–water partition coefficient (Wildman–Crippen LogP) is 3.40. The summed E-state index contributed by atoms with van der Waals surface area (Å²) in [6, 6.07) is 6.55. The molecule has 17 heavy (non-hydrogen) atoms. The van der Waals surface area contributed by atoms with Gasteiger partial charge in [0.25, 0.3) is 0 Å². The number of unbranched alkanes of at least 4 members (excludes halogenated alkanes) is 2. The van der Waals surface area contributed by atoms with E-state index in [1.807, 2.05) is 0 Å². The zero-order valence-corrected chi connectivity index (χ0v) is 10.6. The normalized spacial score (nSPS) is 19.8. The summed E-state index contributed by atoms with van der Waals surface area (Å²) < 4.78 is 13.4. The molecule has 1 aromatic carbocycles. The van der Waals surface area contributed by atoms with Gasteiger partial charge in [0.1, 0.15) is 6.17 Å². The van der Waals surface area contributed by atoms with Crippen LogP contribution in [0, 0.1) is 0 Å². The second-order valence-electron chi connectivity index (χ2n) is 4.99. The summed E-state index contributed by atoms with van der Waals surface area (Å²) in [6.07, 6.45) is 4.80. The first kappa shape index (κ1) is 12.6. The van der Waals surface area contributed by atoms with Crippen molar-refractivity contribution >= 4 is 0 Å². The molecule has 1 aliphatic heterocycles. The average Bonchev–Trinajstić information content (AvgIpc) is 2.50. The van der Waals surface area contributed by atoms with Gasteiger partial charge in [0, 0.05) is 19.5 Å². The molecule has 1 heterocycles. The monoisotopic (exact) mass is 235 g/mol. The molecule has 0 saturated heterocycles. The Morgan fingerprint density at radius 3 is 3.00 bits per heavy atom. The maximum Gasteiger partial charge on any atom is 0.117 e. The van der Waals surface area contributed by atoms with Crippen LogP contribution in [0.3, 0.4) is 0 Å². The van der Waals surface area contributed by atoms with Crippen LogP contribution < -0.4 is 5.32 Å². The van der Waals surface area contributed by atoms with Crippen LogP contribution in [0.25, 0.3) is 0 Å². The van der Waals surface area contributed by atoms with Gasteiger partial charge in [-0.05, 0) is 29.5 Å². The van der Waals surface area contributed by atoms with Crippen molar-refractivity contribution in [2.75, 3.05) is 6.54 Å². The maximum atomic E-state index is 13.4. The van der Waals surface area contributed by atoms with Gasteiger partial charge in [-0.15, -0.1) is 0 Å². The topological polar surface area (TPSA) is 12.0 Å². The molecular formula is C15H22FN. The van der Waals surface area contributed by atoms with E-state index in [9.17, 15) is 4.39 Å². The SMILES string of the molecule is CCCCCc1ccc2c(c1)CNCC(F)C2. The van der Waals surface area contributed by atoms with E-state index in [4.69, 9.17) is 0 Å².